The lowest BCUT2D eigenvalue weighted by atomic mass is 10.0. The van der Waals surface area contributed by atoms with E-state index in [4.69, 9.17) is 0 Å². The fourth-order valence-electron chi connectivity index (χ4n) is 2.03. The number of carbonyl (C=O) groups is 1. The minimum Gasteiger partial charge on any atom is -0.369 e. The summed E-state index contributed by atoms with van der Waals surface area (Å²) in [6.45, 7) is 0. The fourth-order valence-corrected chi connectivity index (χ4v) is 2.03. The second-order valence-corrected chi connectivity index (χ2v) is 5.19. The average molecular weight is 292 g/mol. The van der Waals surface area contributed by atoms with Crippen LogP contribution in [0.15, 0.2) is 65.7 Å². The van der Waals surface area contributed by atoms with Crippen LogP contribution in [0.25, 0.3) is 6.08 Å². The number of amides is 1. The van der Waals surface area contributed by atoms with E-state index in [1.54, 1.807) is 4.90 Å². The van der Waals surface area contributed by atoms with Crippen LogP contribution in [-0.2, 0) is 6.42 Å². The molecule has 2 rings (SSSR count). The van der Waals surface area contributed by atoms with Crippen molar-refractivity contribution in [1.29, 1.82) is 0 Å². The quantitative estimate of drug-likeness (QED) is 0.622. The van der Waals surface area contributed by atoms with Gasteiger partial charge in [-0.2, -0.15) is 4.99 Å². The minimum absolute atomic E-state index is 0.211. The van der Waals surface area contributed by atoms with Crippen molar-refractivity contribution in [2.75, 3.05) is 14.1 Å². The third-order valence-electron chi connectivity index (χ3n) is 3.10. The summed E-state index contributed by atoms with van der Waals surface area (Å²) >= 11 is 0. The van der Waals surface area contributed by atoms with Crippen molar-refractivity contribution in [3.63, 3.8) is 0 Å². The van der Waals surface area contributed by atoms with Gasteiger partial charge < -0.3 is 4.90 Å². The molecule has 0 aliphatic heterocycles. The van der Waals surface area contributed by atoms with Gasteiger partial charge in [-0.3, -0.25) is 4.79 Å². The minimum atomic E-state index is -0.211. The van der Waals surface area contributed by atoms with Crippen LogP contribution in [0.1, 0.15) is 21.5 Å². The van der Waals surface area contributed by atoms with Crippen LogP contribution < -0.4 is 0 Å². The maximum absolute atomic E-state index is 12.2. The van der Waals surface area contributed by atoms with Crippen LogP contribution >= 0.6 is 0 Å². The van der Waals surface area contributed by atoms with E-state index in [1.807, 2.05) is 56.6 Å². The molecule has 22 heavy (non-hydrogen) atoms. The summed E-state index contributed by atoms with van der Waals surface area (Å²) in [5.41, 5.74) is 2.78. The Kier molecular flexibility index (Phi) is 5.66. The molecule has 0 aromatic heterocycles. The zero-order valence-electron chi connectivity index (χ0n) is 12.9. The highest BCUT2D eigenvalue weighted by molar-refractivity contribution is 5.99. The number of nitrogens with zero attached hydrogens (tertiary/aromatic N) is 2. The van der Waals surface area contributed by atoms with Crippen LogP contribution in [0.5, 0.6) is 0 Å². The van der Waals surface area contributed by atoms with E-state index >= 15 is 0 Å². The van der Waals surface area contributed by atoms with Crippen molar-refractivity contribution in [2.24, 2.45) is 4.99 Å². The maximum Gasteiger partial charge on any atom is 0.278 e. The third kappa shape index (κ3) is 4.70. The first kappa shape index (κ1) is 15.7. The summed E-state index contributed by atoms with van der Waals surface area (Å²) in [6, 6.07) is 17.7. The molecule has 0 aliphatic rings. The standard InChI is InChI=1S/C19H20N2O/c1-21(2)15-20-19(22)18-14-7-6-12-17(18)13-8-11-16-9-4-3-5-10-16/h3-12,14-15H,13H2,1-2H3. The molecule has 0 spiro atoms. The molecule has 0 heterocycles. The molecule has 3 nitrogen and oxygen atoms in total. The third-order valence-corrected chi connectivity index (χ3v) is 3.10. The molecule has 112 valence electrons. The van der Waals surface area contributed by atoms with E-state index in [-0.39, 0.29) is 5.91 Å². The Morgan fingerprint density at radius 3 is 2.45 bits per heavy atom. The summed E-state index contributed by atoms with van der Waals surface area (Å²) in [4.78, 5) is 17.9. The fraction of sp³-hybridized carbons (Fsp3) is 0.158. The Labute approximate surface area is 131 Å². The monoisotopic (exact) mass is 292 g/mol. The number of benzene rings is 2. The molecule has 0 atom stereocenters. The zero-order chi connectivity index (χ0) is 15.8. The van der Waals surface area contributed by atoms with Gasteiger partial charge in [0, 0.05) is 19.7 Å². The van der Waals surface area contributed by atoms with Gasteiger partial charge in [0.25, 0.3) is 5.91 Å². The van der Waals surface area contributed by atoms with Gasteiger partial charge in [0.05, 0.1) is 6.34 Å². The van der Waals surface area contributed by atoms with Gasteiger partial charge in [-0.15, -0.1) is 0 Å². The van der Waals surface area contributed by atoms with Crippen molar-refractivity contribution in [3.8, 4) is 0 Å². The van der Waals surface area contributed by atoms with Gasteiger partial charge in [0.1, 0.15) is 0 Å². The van der Waals surface area contributed by atoms with E-state index in [1.165, 1.54) is 6.34 Å². The second kappa shape index (κ2) is 7.93. The van der Waals surface area contributed by atoms with Gasteiger partial charge >= 0.3 is 0 Å². The Morgan fingerprint density at radius 2 is 1.73 bits per heavy atom. The van der Waals surface area contributed by atoms with Gasteiger partial charge in [-0.25, -0.2) is 0 Å². The summed E-state index contributed by atoms with van der Waals surface area (Å²) in [7, 11) is 3.68. The first-order chi connectivity index (χ1) is 10.7. The Morgan fingerprint density at radius 1 is 1.05 bits per heavy atom. The summed E-state index contributed by atoms with van der Waals surface area (Å²) in [6.07, 6.45) is 6.36. The Balaban J connectivity index is 2.12. The van der Waals surface area contributed by atoms with Gasteiger partial charge in [-0.05, 0) is 23.6 Å². The van der Waals surface area contributed by atoms with Gasteiger partial charge in [0.2, 0.25) is 0 Å². The molecule has 0 saturated heterocycles. The molecule has 1 amide bonds. The Bertz CT molecular complexity index is 673. The predicted octanol–water partition coefficient (Wildman–Crippen LogP) is 3.67. The van der Waals surface area contributed by atoms with Crippen molar-refractivity contribution in [1.82, 2.24) is 4.90 Å². The number of rotatable bonds is 5. The van der Waals surface area contributed by atoms with Crippen LogP contribution in [0.3, 0.4) is 0 Å². The predicted molar refractivity (Wildman–Crippen MR) is 92.1 cm³/mol. The van der Waals surface area contributed by atoms with Gasteiger partial charge in [0.15, 0.2) is 0 Å². The normalized spacial score (nSPS) is 11.2. The van der Waals surface area contributed by atoms with Gasteiger partial charge in [-0.1, -0.05) is 60.7 Å². The van der Waals surface area contributed by atoms with Crippen LogP contribution in [-0.4, -0.2) is 31.2 Å². The SMILES string of the molecule is CN(C)C=NC(=O)c1ccccc1CC=Cc1ccccc1. The number of hydrogen-bond acceptors (Lipinski definition) is 1. The second-order valence-electron chi connectivity index (χ2n) is 5.19. The smallest absolute Gasteiger partial charge is 0.278 e. The zero-order valence-corrected chi connectivity index (χ0v) is 12.9. The number of allylic oxidation sites excluding steroid dienone is 1. The van der Waals surface area contributed by atoms with E-state index in [2.05, 4.69) is 29.3 Å². The number of aliphatic imine (C=N–C) groups is 1. The summed E-state index contributed by atoms with van der Waals surface area (Å²) < 4.78 is 0. The van der Waals surface area contributed by atoms with Crippen molar-refractivity contribution in [3.05, 3.63) is 77.4 Å². The largest absolute Gasteiger partial charge is 0.369 e. The number of carbonyl (C=O) groups excluding carboxylic acids is 1. The molecular formula is C19H20N2O. The lowest BCUT2D eigenvalue weighted by molar-refractivity contribution is 0.100. The van der Waals surface area contributed by atoms with Crippen molar-refractivity contribution < 1.29 is 4.79 Å². The number of hydrogen-bond donors (Lipinski definition) is 0. The lowest BCUT2D eigenvalue weighted by Gasteiger charge is -2.05. The molecule has 0 radical (unpaired) electrons. The Hall–Kier alpha value is -2.68. The van der Waals surface area contributed by atoms with E-state index in [0.717, 1.165) is 11.1 Å². The topological polar surface area (TPSA) is 32.7 Å². The molecule has 3 heteroatoms. The molecule has 0 aliphatic carbocycles. The molecule has 0 N–H and O–H groups in total. The molecular weight excluding hydrogens is 272 g/mol. The maximum atomic E-state index is 12.2. The van der Waals surface area contributed by atoms with E-state index in [9.17, 15) is 4.79 Å². The first-order valence-electron chi connectivity index (χ1n) is 7.21. The molecule has 2 aromatic carbocycles. The van der Waals surface area contributed by atoms with Crippen LogP contribution in [0, 0.1) is 0 Å². The van der Waals surface area contributed by atoms with Crippen LogP contribution in [0.2, 0.25) is 0 Å². The molecule has 0 saturated carbocycles. The molecule has 0 fully saturated rings. The summed E-state index contributed by atoms with van der Waals surface area (Å²) in [5, 5.41) is 0. The summed E-state index contributed by atoms with van der Waals surface area (Å²) in [5.74, 6) is -0.211. The molecule has 2 aromatic rings. The lowest BCUT2D eigenvalue weighted by Crippen LogP contribution is -2.10. The highest BCUT2D eigenvalue weighted by Crippen LogP contribution is 2.12. The van der Waals surface area contributed by atoms with Crippen molar-refractivity contribution >= 4 is 18.3 Å². The van der Waals surface area contributed by atoms with E-state index < -0.39 is 0 Å². The first-order valence-corrected chi connectivity index (χ1v) is 7.21. The highest BCUT2D eigenvalue weighted by Gasteiger charge is 2.08. The van der Waals surface area contributed by atoms with Crippen LogP contribution in [0.4, 0.5) is 0 Å². The van der Waals surface area contributed by atoms with Crippen molar-refractivity contribution in [2.45, 2.75) is 6.42 Å². The highest BCUT2D eigenvalue weighted by atomic mass is 16.1. The molecule has 0 bridgehead atoms. The average Bonchev–Trinajstić information content (AvgIpc) is 2.54. The van der Waals surface area contributed by atoms with E-state index in [0.29, 0.717) is 12.0 Å². The molecule has 0 unspecified atom stereocenters.